The van der Waals surface area contributed by atoms with Crippen LogP contribution in [0.5, 0.6) is 0 Å². The van der Waals surface area contributed by atoms with Gasteiger partial charge >= 0.3 is 0 Å². The maximum absolute atomic E-state index is 12.8. The first-order valence-corrected chi connectivity index (χ1v) is 8.77. The molecule has 2 aromatic rings. The second kappa shape index (κ2) is 9.70. The standard InChI is InChI=1S/C21H25FN2O2/c1-24(2)19-12-6-16(7-13-19)14-15-23-21(26)5-3-4-20(25)17-8-10-18(22)11-9-17/h6-13H,3-5,14-15H2,1-2H3,(H,23,26). The van der Waals surface area contributed by atoms with Gasteiger partial charge < -0.3 is 10.2 Å². The smallest absolute Gasteiger partial charge is 0.220 e. The van der Waals surface area contributed by atoms with Gasteiger partial charge in [0.15, 0.2) is 5.78 Å². The second-order valence-corrected chi connectivity index (χ2v) is 6.44. The molecule has 0 radical (unpaired) electrons. The molecule has 0 aliphatic carbocycles. The third-order valence-corrected chi connectivity index (χ3v) is 4.16. The number of carbonyl (C=O) groups is 2. The van der Waals surface area contributed by atoms with Crippen LogP contribution in [-0.2, 0) is 11.2 Å². The summed E-state index contributed by atoms with van der Waals surface area (Å²) >= 11 is 0. The molecule has 1 amide bonds. The van der Waals surface area contributed by atoms with Gasteiger partial charge in [0.05, 0.1) is 0 Å². The topological polar surface area (TPSA) is 49.4 Å². The van der Waals surface area contributed by atoms with Crippen LogP contribution in [-0.4, -0.2) is 32.3 Å². The zero-order chi connectivity index (χ0) is 18.9. The number of nitrogens with zero attached hydrogens (tertiary/aromatic N) is 1. The van der Waals surface area contributed by atoms with Crippen molar-refractivity contribution in [3.63, 3.8) is 0 Å². The van der Waals surface area contributed by atoms with Crippen LogP contribution >= 0.6 is 0 Å². The number of hydrogen-bond donors (Lipinski definition) is 1. The van der Waals surface area contributed by atoms with Crippen molar-refractivity contribution in [3.05, 3.63) is 65.5 Å². The molecule has 2 rings (SSSR count). The SMILES string of the molecule is CN(C)c1ccc(CCNC(=O)CCCC(=O)c2ccc(F)cc2)cc1. The van der Waals surface area contributed by atoms with E-state index in [0.717, 1.165) is 12.1 Å². The molecular weight excluding hydrogens is 331 g/mol. The summed E-state index contributed by atoms with van der Waals surface area (Å²) < 4.78 is 12.8. The van der Waals surface area contributed by atoms with Gasteiger partial charge in [-0.3, -0.25) is 9.59 Å². The van der Waals surface area contributed by atoms with E-state index in [-0.39, 0.29) is 23.9 Å². The van der Waals surface area contributed by atoms with Crippen LogP contribution in [0.15, 0.2) is 48.5 Å². The molecule has 0 bridgehead atoms. The minimum atomic E-state index is -0.364. The van der Waals surface area contributed by atoms with Gasteiger partial charge in [-0.05, 0) is 54.8 Å². The average molecular weight is 356 g/mol. The molecule has 0 fully saturated rings. The van der Waals surface area contributed by atoms with E-state index in [0.29, 0.717) is 24.9 Å². The predicted octanol–water partition coefficient (Wildman–Crippen LogP) is 3.60. The van der Waals surface area contributed by atoms with Gasteiger partial charge in [0.2, 0.25) is 5.91 Å². The highest BCUT2D eigenvalue weighted by molar-refractivity contribution is 5.96. The van der Waals surface area contributed by atoms with Gasteiger partial charge in [-0.2, -0.15) is 0 Å². The van der Waals surface area contributed by atoms with Crippen LogP contribution in [0.2, 0.25) is 0 Å². The first-order valence-electron chi connectivity index (χ1n) is 8.77. The summed E-state index contributed by atoms with van der Waals surface area (Å²) in [6.45, 7) is 0.575. The fourth-order valence-electron chi connectivity index (χ4n) is 2.59. The summed E-state index contributed by atoms with van der Waals surface area (Å²) in [5.41, 5.74) is 2.79. The lowest BCUT2D eigenvalue weighted by molar-refractivity contribution is -0.121. The first kappa shape index (κ1) is 19.6. The van der Waals surface area contributed by atoms with Crippen molar-refractivity contribution < 1.29 is 14.0 Å². The molecule has 0 aliphatic rings. The quantitative estimate of drug-likeness (QED) is 0.699. The van der Waals surface area contributed by atoms with Crippen LogP contribution in [0.4, 0.5) is 10.1 Å². The monoisotopic (exact) mass is 356 g/mol. The molecule has 0 spiro atoms. The van der Waals surface area contributed by atoms with Crippen LogP contribution in [0.25, 0.3) is 0 Å². The fourth-order valence-corrected chi connectivity index (χ4v) is 2.59. The van der Waals surface area contributed by atoms with Crippen LogP contribution in [0.1, 0.15) is 35.2 Å². The number of hydrogen-bond acceptors (Lipinski definition) is 3. The molecule has 0 aromatic heterocycles. The Labute approximate surface area is 154 Å². The summed E-state index contributed by atoms with van der Waals surface area (Å²) in [5, 5.41) is 2.88. The summed E-state index contributed by atoms with van der Waals surface area (Å²) in [6.07, 6.45) is 1.85. The average Bonchev–Trinajstić information content (AvgIpc) is 2.62. The van der Waals surface area contributed by atoms with Gasteiger partial charge in [0.1, 0.15) is 5.82 Å². The van der Waals surface area contributed by atoms with Crippen molar-refractivity contribution in [1.82, 2.24) is 5.32 Å². The van der Waals surface area contributed by atoms with Crippen LogP contribution in [0.3, 0.4) is 0 Å². The lowest BCUT2D eigenvalue weighted by Gasteiger charge is -2.12. The molecule has 2 aromatic carbocycles. The van der Waals surface area contributed by atoms with Crippen molar-refractivity contribution in [2.24, 2.45) is 0 Å². The molecular formula is C21H25FN2O2. The summed E-state index contributed by atoms with van der Waals surface area (Å²) in [4.78, 5) is 25.9. The number of nitrogens with one attached hydrogen (secondary N) is 1. The molecule has 0 atom stereocenters. The van der Waals surface area contributed by atoms with E-state index in [1.807, 2.05) is 19.0 Å². The van der Waals surface area contributed by atoms with E-state index in [4.69, 9.17) is 0 Å². The molecule has 0 saturated carbocycles. The number of benzene rings is 2. The molecule has 0 heterocycles. The Kier molecular flexibility index (Phi) is 7.33. The highest BCUT2D eigenvalue weighted by Crippen LogP contribution is 2.12. The van der Waals surface area contributed by atoms with Crippen molar-refractivity contribution in [2.45, 2.75) is 25.7 Å². The number of anilines is 1. The Morgan fingerprint density at radius 3 is 2.23 bits per heavy atom. The van der Waals surface area contributed by atoms with E-state index in [1.165, 1.54) is 29.8 Å². The third kappa shape index (κ3) is 6.31. The Balaban J connectivity index is 1.64. The fraction of sp³-hybridized carbons (Fsp3) is 0.333. The number of amides is 1. The zero-order valence-corrected chi connectivity index (χ0v) is 15.3. The predicted molar refractivity (Wildman–Crippen MR) is 102 cm³/mol. The van der Waals surface area contributed by atoms with E-state index >= 15 is 0 Å². The minimum Gasteiger partial charge on any atom is -0.378 e. The maximum Gasteiger partial charge on any atom is 0.220 e. The number of Topliss-reactive ketones (excluding diaryl/α,β-unsaturated/α-hetero) is 1. The zero-order valence-electron chi connectivity index (χ0n) is 15.3. The highest BCUT2D eigenvalue weighted by Gasteiger charge is 2.08. The number of halogens is 1. The van der Waals surface area contributed by atoms with Gasteiger partial charge in [0, 0.05) is 44.7 Å². The Morgan fingerprint density at radius 2 is 1.62 bits per heavy atom. The molecule has 0 aliphatic heterocycles. The number of carbonyl (C=O) groups excluding carboxylic acids is 2. The Morgan fingerprint density at radius 1 is 0.962 bits per heavy atom. The van der Waals surface area contributed by atoms with Gasteiger partial charge in [0.25, 0.3) is 0 Å². The summed E-state index contributed by atoms with van der Waals surface area (Å²) in [7, 11) is 3.99. The van der Waals surface area contributed by atoms with Crippen molar-refractivity contribution >= 4 is 17.4 Å². The number of rotatable bonds is 9. The van der Waals surface area contributed by atoms with Gasteiger partial charge in [-0.1, -0.05) is 12.1 Å². The lowest BCUT2D eigenvalue weighted by atomic mass is 10.1. The molecule has 1 N–H and O–H groups in total. The maximum atomic E-state index is 12.8. The Bertz CT molecular complexity index is 725. The normalized spacial score (nSPS) is 10.4. The third-order valence-electron chi connectivity index (χ3n) is 4.16. The molecule has 26 heavy (non-hydrogen) atoms. The van der Waals surface area contributed by atoms with E-state index < -0.39 is 0 Å². The van der Waals surface area contributed by atoms with Gasteiger partial charge in [-0.15, -0.1) is 0 Å². The second-order valence-electron chi connectivity index (χ2n) is 6.44. The van der Waals surface area contributed by atoms with Crippen molar-refractivity contribution in [1.29, 1.82) is 0 Å². The highest BCUT2D eigenvalue weighted by atomic mass is 19.1. The number of ketones is 1. The minimum absolute atomic E-state index is 0.0539. The van der Waals surface area contributed by atoms with Crippen molar-refractivity contribution in [3.8, 4) is 0 Å². The molecule has 0 unspecified atom stereocenters. The van der Waals surface area contributed by atoms with E-state index in [2.05, 4.69) is 29.6 Å². The van der Waals surface area contributed by atoms with Crippen molar-refractivity contribution in [2.75, 3.05) is 25.5 Å². The van der Waals surface area contributed by atoms with E-state index in [1.54, 1.807) is 0 Å². The molecule has 138 valence electrons. The molecule has 5 heteroatoms. The molecule has 0 saturated heterocycles. The molecule has 4 nitrogen and oxygen atoms in total. The van der Waals surface area contributed by atoms with Gasteiger partial charge in [-0.25, -0.2) is 4.39 Å². The Hall–Kier alpha value is -2.69. The summed E-state index contributed by atoms with van der Waals surface area (Å²) in [5.74, 6) is -0.488. The lowest BCUT2D eigenvalue weighted by Crippen LogP contribution is -2.25. The first-order chi connectivity index (χ1) is 12.5. The summed E-state index contributed by atoms with van der Waals surface area (Å²) in [6, 6.07) is 13.7. The van der Waals surface area contributed by atoms with Crippen LogP contribution < -0.4 is 10.2 Å². The van der Waals surface area contributed by atoms with E-state index in [9.17, 15) is 14.0 Å². The largest absolute Gasteiger partial charge is 0.378 e. The van der Waals surface area contributed by atoms with Crippen LogP contribution in [0, 0.1) is 5.82 Å².